The molecule has 6 nitrogen and oxygen atoms in total. The van der Waals surface area contributed by atoms with Crippen molar-refractivity contribution in [2.24, 2.45) is 5.92 Å². The molecule has 0 bridgehead atoms. The summed E-state index contributed by atoms with van der Waals surface area (Å²) < 4.78 is 10.6. The molecule has 1 aliphatic rings. The summed E-state index contributed by atoms with van der Waals surface area (Å²) in [4.78, 5) is 26.3. The Bertz CT molecular complexity index is 822. The second-order valence-electron chi connectivity index (χ2n) is 6.74. The Hall–Kier alpha value is -3.02. The number of carbonyl (C=O) groups excluding carboxylic acids is 2. The highest BCUT2D eigenvalue weighted by Crippen LogP contribution is 2.29. The van der Waals surface area contributed by atoms with E-state index in [9.17, 15) is 9.59 Å². The number of hydrogen-bond acceptors (Lipinski definition) is 4. The van der Waals surface area contributed by atoms with E-state index >= 15 is 0 Å². The van der Waals surface area contributed by atoms with Crippen molar-refractivity contribution in [1.29, 1.82) is 0 Å². The third kappa shape index (κ3) is 4.05. The summed E-state index contributed by atoms with van der Waals surface area (Å²) in [6, 6.07) is 14.1. The van der Waals surface area contributed by atoms with E-state index in [4.69, 9.17) is 9.47 Å². The molecule has 0 saturated carbocycles. The van der Waals surface area contributed by atoms with Gasteiger partial charge in [0.1, 0.15) is 6.04 Å². The number of nitrogens with one attached hydrogen (secondary N) is 1. The van der Waals surface area contributed by atoms with Gasteiger partial charge in [0.2, 0.25) is 0 Å². The fourth-order valence-electron chi connectivity index (χ4n) is 3.35. The molecule has 1 aliphatic heterocycles. The molecule has 2 unspecified atom stereocenters. The Morgan fingerprint density at radius 3 is 2.41 bits per heavy atom. The minimum Gasteiger partial charge on any atom is -0.493 e. The molecular weight excluding hydrogens is 344 g/mol. The smallest absolute Gasteiger partial charge is 0.325 e. The van der Waals surface area contributed by atoms with Gasteiger partial charge in [0, 0.05) is 6.54 Å². The van der Waals surface area contributed by atoms with Gasteiger partial charge < -0.3 is 14.8 Å². The molecule has 2 atom stereocenters. The molecule has 0 aromatic heterocycles. The van der Waals surface area contributed by atoms with Crippen molar-refractivity contribution in [2.45, 2.75) is 19.4 Å². The number of methoxy groups -OCH3 is 2. The molecule has 2 aromatic carbocycles. The van der Waals surface area contributed by atoms with Crippen molar-refractivity contribution < 1.29 is 19.1 Å². The highest BCUT2D eigenvalue weighted by molar-refractivity contribution is 6.04. The number of imide groups is 1. The summed E-state index contributed by atoms with van der Waals surface area (Å²) in [6.07, 6.45) is 0.716. The normalized spacial score (nSPS) is 17.6. The molecule has 6 heteroatoms. The molecule has 27 heavy (non-hydrogen) atoms. The van der Waals surface area contributed by atoms with Gasteiger partial charge in [-0.05, 0) is 35.6 Å². The average molecular weight is 368 g/mol. The number of rotatable bonds is 7. The predicted octanol–water partition coefficient (Wildman–Crippen LogP) is 3.18. The zero-order valence-electron chi connectivity index (χ0n) is 15.8. The number of ether oxygens (including phenoxy) is 2. The molecule has 2 aromatic rings. The molecule has 3 amide bonds. The summed E-state index contributed by atoms with van der Waals surface area (Å²) in [7, 11) is 3.20. The molecule has 1 saturated heterocycles. The topological polar surface area (TPSA) is 67.9 Å². The Morgan fingerprint density at radius 2 is 1.74 bits per heavy atom. The Labute approximate surface area is 159 Å². The Kier molecular flexibility index (Phi) is 5.64. The summed E-state index contributed by atoms with van der Waals surface area (Å²) in [6.45, 7) is 2.38. The van der Waals surface area contributed by atoms with Gasteiger partial charge in [-0.25, -0.2) is 4.79 Å². The monoisotopic (exact) mass is 368 g/mol. The van der Waals surface area contributed by atoms with Crippen molar-refractivity contribution in [1.82, 2.24) is 10.2 Å². The van der Waals surface area contributed by atoms with Crippen LogP contribution < -0.4 is 14.8 Å². The highest BCUT2D eigenvalue weighted by atomic mass is 16.5. The molecule has 3 rings (SSSR count). The van der Waals surface area contributed by atoms with E-state index in [0.717, 1.165) is 11.1 Å². The maximum atomic E-state index is 12.7. The quantitative estimate of drug-likeness (QED) is 0.762. The van der Waals surface area contributed by atoms with Crippen LogP contribution in [0.2, 0.25) is 0 Å². The van der Waals surface area contributed by atoms with Gasteiger partial charge in [-0.3, -0.25) is 9.69 Å². The number of carbonyl (C=O) groups is 2. The minimum absolute atomic E-state index is 0.104. The number of amides is 3. The van der Waals surface area contributed by atoms with Gasteiger partial charge in [0.25, 0.3) is 5.91 Å². The lowest BCUT2D eigenvalue weighted by molar-refractivity contribution is -0.128. The standard InChI is InChI=1S/C21H24N2O4/c1-14(11-15-9-10-17(26-2)18(12-15)27-3)13-23-20(24)19(22-21(23)25)16-7-5-4-6-8-16/h4-10,12,14,19H,11,13H2,1-3H3,(H,22,25). The van der Waals surface area contributed by atoms with E-state index in [1.54, 1.807) is 14.2 Å². The van der Waals surface area contributed by atoms with Crippen molar-refractivity contribution >= 4 is 11.9 Å². The average Bonchev–Trinajstić information content (AvgIpc) is 2.96. The van der Waals surface area contributed by atoms with E-state index in [0.29, 0.717) is 24.5 Å². The lowest BCUT2D eigenvalue weighted by Gasteiger charge is -2.19. The lowest BCUT2D eigenvalue weighted by atomic mass is 10.00. The lowest BCUT2D eigenvalue weighted by Crippen LogP contribution is -2.35. The Balaban J connectivity index is 1.66. The van der Waals surface area contributed by atoms with Gasteiger partial charge in [-0.2, -0.15) is 0 Å². The number of urea groups is 1. The summed E-state index contributed by atoms with van der Waals surface area (Å²) >= 11 is 0. The van der Waals surface area contributed by atoms with Crippen LogP contribution >= 0.6 is 0 Å². The number of nitrogens with zero attached hydrogens (tertiary/aromatic N) is 1. The number of hydrogen-bond donors (Lipinski definition) is 1. The van der Waals surface area contributed by atoms with Gasteiger partial charge in [0.05, 0.1) is 14.2 Å². The van der Waals surface area contributed by atoms with Crippen LogP contribution in [0.3, 0.4) is 0 Å². The van der Waals surface area contributed by atoms with Crippen LogP contribution in [0.5, 0.6) is 11.5 Å². The molecule has 0 aliphatic carbocycles. The zero-order chi connectivity index (χ0) is 19.4. The van der Waals surface area contributed by atoms with Crippen LogP contribution in [0.4, 0.5) is 4.79 Å². The van der Waals surface area contributed by atoms with Gasteiger partial charge in [-0.1, -0.05) is 43.3 Å². The first-order chi connectivity index (χ1) is 13.0. The van der Waals surface area contributed by atoms with Gasteiger partial charge in [-0.15, -0.1) is 0 Å². The van der Waals surface area contributed by atoms with Crippen LogP contribution in [-0.2, 0) is 11.2 Å². The fraction of sp³-hybridized carbons (Fsp3) is 0.333. The number of benzene rings is 2. The SMILES string of the molecule is COc1ccc(CC(C)CN2C(=O)NC(c3ccccc3)C2=O)cc1OC. The van der Waals surface area contributed by atoms with Crippen molar-refractivity contribution in [2.75, 3.05) is 20.8 Å². The molecule has 0 radical (unpaired) electrons. The van der Waals surface area contributed by atoms with Crippen molar-refractivity contribution in [3.8, 4) is 11.5 Å². The van der Waals surface area contributed by atoms with Gasteiger partial charge >= 0.3 is 6.03 Å². The molecule has 142 valence electrons. The molecule has 1 N–H and O–H groups in total. The second-order valence-corrected chi connectivity index (χ2v) is 6.74. The first-order valence-corrected chi connectivity index (χ1v) is 8.91. The van der Waals surface area contributed by atoms with Crippen LogP contribution in [0.25, 0.3) is 0 Å². The summed E-state index contributed by atoms with van der Waals surface area (Å²) in [5.41, 5.74) is 1.86. The highest BCUT2D eigenvalue weighted by Gasteiger charge is 2.39. The molecule has 1 fully saturated rings. The summed E-state index contributed by atoms with van der Waals surface area (Å²) in [5.74, 6) is 1.24. The third-order valence-electron chi connectivity index (χ3n) is 4.69. The minimum atomic E-state index is -0.605. The fourth-order valence-corrected chi connectivity index (χ4v) is 3.35. The van der Waals surface area contributed by atoms with Crippen LogP contribution in [0.15, 0.2) is 48.5 Å². The molecule has 1 heterocycles. The third-order valence-corrected chi connectivity index (χ3v) is 4.69. The van der Waals surface area contributed by atoms with Gasteiger partial charge in [0.15, 0.2) is 11.5 Å². The van der Waals surface area contributed by atoms with E-state index in [-0.39, 0.29) is 17.9 Å². The maximum absolute atomic E-state index is 12.7. The van der Waals surface area contributed by atoms with E-state index in [1.807, 2.05) is 55.5 Å². The van der Waals surface area contributed by atoms with Crippen LogP contribution in [-0.4, -0.2) is 37.6 Å². The first kappa shape index (κ1) is 18.8. The maximum Gasteiger partial charge on any atom is 0.325 e. The first-order valence-electron chi connectivity index (χ1n) is 8.91. The van der Waals surface area contributed by atoms with Crippen molar-refractivity contribution in [3.63, 3.8) is 0 Å². The van der Waals surface area contributed by atoms with E-state index in [2.05, 4.69) is 5.32 Å². The van der Waals surface area contributed by atoms with Crippen LogP contribution in [0.1, 0.15) is 24.1 Å². The predicted molar refractivity (Wildman–Crippen MR) is 102 cm³/mol. The molecular formula is C21H24N2O4. The van der Waals surface area contributed by atoms with Crippen molar-refractivity contribution in [3.05, 3.63) is 59.7 Å². The summed E-state index contributed by atoms with van der Waals surface area (Å²) in [5, 5.41) is 2.77. The second kappa shape index (κ2) is 8.12. The Morgan fingerprint density at radius 1 is 1.04 bits per heavy atom. The molecule has 0 spiro atoms. The van der Waals surface area contributed by atoms with Crippen LogP contribution in [0, 0.1) is 5.92 Å². The largest absolute Gasteiger partial charge is 0.493 e. The van der Waals surface area contributed by atoms with E-state index in [1.165, 1.54) is 4.90 Å². The van der Waals surface area contributed by atoms with E-state index < -0.39 is 6.04 Å². The zero-order valence-corrected chi connectivity index (χ0v) is 15.8.